The summed E-state index contributed by atoms with van der Waals surface area (Å²) < 4.78 is 0. The molecule has 0 bridgehead atoms. The molecule has 0 aliphatic rings. The van der Waals surface area contributed by atoms with Crippen molar-refractivity contribution in [2.75, 3.05) is 30.7 Å². The Bertz CT molecular complexity index is 554. The maximum atomic E-state index is 11.9. The number of nitrogens with two attached hydrogens (primary N) is 1. The molecule has 1 amide bonds. The van der Waals surface area contributed by atoms with Gasteiger partial charge in [0.25, 0.3) is 0 Å². The number of amides is 1. The van der Waals surface area contributed by atoms with Gasteiger partial charge in [0, 0.05) is 24.3 Å². The second kappa shape index (κ2) is 8.57. The summed E-state index contributed by atoms with van der Waals surface area (Å²) in [4.78, 5) is 13.6. The van der Waals surface area contributed by atoms with Crippen LogP contribution in [0.25, 0.3) is 0 Å². The molecule has 0 unspecified atom stereocenters. The highest BCUT2D eigenvalue weighted by Gasteiger charge is 2.08. The highest BCUT2D eigenvalue weighted by Crippen LogP contribution is 2.18. The van der Waals surface area contributed by atoms with Crippen LogP contribution in [0.15, 0.2) is 18.2 Å². The molecule has 0 spiro atoms. The predicted octanol–water partition coefficient (Wildman–Crippen LogP) is 1.65. The van der Waals surface area contributed by atoms with Crippen LogP contribution in [0.2, 0.25) is 0 Å². The van der Waals surface area contributed by atoms with Crippen LogP contribution in [0.1, 0.15) is 18.4 Å². The number of nitrogen functional groups attached to an aromatic ring is 1. The number of benzene rings is 1. The molecule has 3 N–H and O–H groups in total. The summed E-state index contributed by atoms with van der Waals surface area (Å²) in [5, 5.41) is 20.1. The van der Waals surface area contributed by atoms with Gasteiger partial charge in [-0.15, -0.1) is 0 Å². The lowest BCUT2D eigenvalue weighted by atomic mass is 10.1. The van der Waals surface area contributed by atoms with Crippen molar-refractivity contribution < 1.29 is 4.79 Å². The molecule has 0 heterocycles. The Hall–Kier alpha value is -2.57. The standard InChI is InChI=1S/C15H19N5O/c1-12-4-5-13(18)11-14(12)19-15(21)3-2-8-20(9-6-16)10-7-17/h4-5,11H,2-3,8-10,18H2,1H3,(H,19,21). The monoisotopic (exact) mass is 285 g/mol. The van der Waals surface area contributed by atoms with Crippen molar-refractivity contribution >= 4 is 17.3 Å². The van der Waals surface area contributed by atoms with Crippen LogP contribution in [0.4, 0.5) is 11.4 Å². The zero-order valence-corrected chi connectivity index (χ0v) is 12.1. The number of anilines is 2. The molecule has 6 nitrogen and oxygen atoms in total. The number of aryl methyl sites for hydroxylation is 1. The van der Waals surface area contributed by atoms with Crippen LogP contribution in [-0.4, -0.2) is 30.4 Å². The fourth-order valence-corrected chi connectivity index (χ4v) is 1.86. The molecular weight excluding hydrogens is 266 g/mol. The first kappa shape index (κ1) is 16.5. The number of hydrogen-bond acceptors (Lipinski definition) is 5. The number of nitrogens with zero attached hydrogens (tertiary/aromatic N) is 3. The lowest BCUT2D eigenvalue weighted by Crippen LogP contribution is -2.26. The smallest absolute Gasteiger partial charge is 0.224 e. The van der Waals surface area contributed by atoms with Gasteiger partial charge in [-0.1, -0.05) is 6.07 Å². The largest absolute Gasteiger partial charge is 0.399 e. The average Bonchev–Trinajstić information content (AvgIpc) is 2.43. The van der Waals surface area contributed by atoms with E-state index in [1.807, 2.05) is 25.1 Å². The Morgan fingerprint density at radius 1 is 1.33 bits per heavy atom. The molecule has 0 saturated heterocycles. The second-order valence-corrected chi connectivity index (χ2v) is 4.75. The molecule has 21 heavy (non-hydrogen) atoms. The normalized spacial score (nSPS) is 9.90. The molecule has 1 aromatic carbocycles. The molecule has 1 aromatic rings. The molecule has 1 rings (SSSR count). The lowest BCUT2D eigenvalue weighted by molar-refractivity contribution is -0.116. The molecule has 110 valence electrons. The molecule has 0 atom stereocenters. The summed E-state index contributed by atoms with van der Waals surface area (Å²) in [6.07, 6.45) is 0.929. The average molecular weight is 285 g/mol. The number of nitriles is 2. The molecular formula is C15H19N5O. The third-order valence-electron chi connectivity index (χ3n) is 3.00. The Morgan fingerprint density at radius 3 is 2.62 bits per heavy atom. The van der Waals surface area contributed by atoms with Crippen molar-refractivity contribution in [1.82, 2.24) is 4.90 Å². The van der Waals surface area contributed by atoms with E-state index in [1.165, 1.54) is 0 Å². The highest BCUT2D eigenvalue weighted by atomic mass is 16.1. The molecule has 0 radical (unpaired) electrons. The number of rotatable bonds is 7. The quantitative estimate of drug-likeness (QED) is 0.585. The molecule has 0 fully saturated rings. The van der Waals surface area contributed by atoms with Crippen molar-refractivity contribution in [2.24, 2.45) is 0 Å². The Balaban J connectivity index is 2.42. The maximum Gasteiger partial charge on any atom is 0.224 e. The van der Waals surface area contributed by atoms with Crippen LogP contribution >= 0.6 is 0 Å². The third kappa shape index (κ3) is 5.94. The van der Waals surface area contributed by atoms with E-state index in [4.69, 9.17) is 16.3 Å². The molecule has 0 saturated carbocycles. The van der Waals surface area contributed by atoms with E-state index in [9.17, 15) is 4.79 Å². The SMILES string of the molecule is Cc1ccc(N)cc1NC(=O)CCCN(CC#N)CC#N. The van der Waals surface area contributed by atoms with E-state index < -0.39 is 0 Å². The minimum Gasteiger partial charge on any atom is -0.399 e. The van der Waals surface area contributed by atoms with Crippen molar-refractivity contribution in [2.45, 2.75) is 19.8 Å². The third-order valence-corrected chi connectivity index (χ3v) is 3.00. The van der Waals surface area contributed by atoms with Gasteiger partial charge in [-0.3, -0.25) is 9.69 Å². The van der Waals surface area contributed by atoms with E-state index in [0.717, 1.165) is 5.56 Å². The molecule has 0 aliphatic carbocycles. The van der Waals surface area contributed by atoms with Crippen LogP contribution in [0, 0.1) is 29.6 Å². The zero-order chi connectivity index (χ0) is 15.7. The lowest BCUT2D eigenvalue weighted by Gasteiger charge is -2.15. The van der Waals surface area contributed by atoms with Crippen LogP contribution in [0.3, 0.4) is 0 Å². The van der Waals surface area contributed by atoms with E-state index >= 15 is 0 Å². The predicted molar refractivity (Wildman–Crippen MR) is 81.1 cm³/mol. The first-order valence-corrected chi connectivity index (χ1v) is 6.69. The minimum absolute atomic E-state index is 0.0995. The van der Waals surface area contributed by atoms with Gasteiger partial charge in [-0.2, -0.15) is 10.5 Å². The fraction of sp³-hybridized carbons (Fsp3) is 0.400. The van der Waals surface area contributed by atoms with Crippen molar-refractivity contribution in [3.05, 3.63) is 23.8 Å². The summed E-state index contributed by atoms with van der Waals surface area (Å²) in [6.45, 7) is 2.84. The summed E-state index contributed by atoms with van der Waals surface area (Å²) in [5.74, 6) is -0.0995. The number of hydrogen-bond donors (Lipinski definition) is 2. The van der Waals surface area contributed by atoms with Gasteiger partial charge in [-0.25, -0.2) is 0 Å². The number of carbonyl (C=O) groups is 1. The molecule has 0 aliphatic heterocycles. The van der Waals surface area contributed by atoms with Gasteiger partial charge in [0.15, 0.2) is 0 Å². The number of carbonyl (C=O) groups excluding carboxylic acids is 1. The van der Waals surface area contributed by atoms with Gasteiger partial charge in [0.1, 0.15) is 0 Å². The van der Waals surface area contributed by atoms with Gasteiger partial charge in [0.2, 0.25) is 5.91 Å². The number of nitrogens with one attached hydrogen (secondary N) is 1. The van der Waals surface area contributed by atoms with Gasteiger partial charge >= 0.3 is 0 Å². The zero-order valence-electron chi connectivity index (χ0n) is 12.1. The first-order chi connectivity index (χ1) is 10.1. The van der Waals surface area contributed by atoms with Gasteiger partial charge in [0.05, 0.1) is 25.2 Å². The molecule has 6 heteroatoms. The first-order valence-electron chi connectivity index (χ1n) is 6.69. The minimum atomic E-state index is -0.0995. The van der Waals surface area contributed by atoms with Gasteiger partial charge < -0.3 is 11.1 Å². The van der Waals surface area contributed by atoms with Crippen molar-refractivity contribution in [1.29, 1.82) is 10.5 Å². The maximum absolute atomic E-state index is 11.9. The second-order valence-electron chi connectivity index (χ2n) is 4.75. The fourth-order valence-electron chi connectivity index (χ4n) is 1.86. The summed E-state index contributed by atoms with van der Waals surface area (Å²) in [6, 6.07) is 9.37. The van der Waals surface area contributed by atoms with E-state index in [-0.39, 0.29) is 19.0 Å². The van der Waals surface area contributed by atoms with Crippen molar-refractivity contribution in [3.63, 3.8) is 0 Å². The van der Waals surface area contributed by atoms with Crippen LogP contribution in [-0.2, 0) is 4.79 Å². The van der Waals surface area contributed by atoms with E-state index in [1.54, 1.807) is 17.0 Å². The van der Waals surface area contributed by atoms with Crippen LogP contribution < -0.4 is 11.1 Å². The molecule has 0 aromatic heterocycles. The van der Waals surface area contributed by atoms with E-state index in [0.29, 0.717) is 30.8 Å². The summed E-state index contributed by atoms with van der Waals surface area (Å²) in [5.41, 5.74) is 7.96. The Morgan fingerprint density at radius 2 is 2.00 bits per heavy atom. The van der Waals surface area contributed by atoms with Crippen LogP contribution in [0.5, 0.6) is 0 Å². The Kier molecular flexibility index (Phi) is 6.73. The summed E-state index contributed by atoms with van der Waals surface area (Å²) >= 11 is 0. The highest BCUT2D eigenvalue weighted by molar-refractivity contribution is 5.91. The van der Waals surface area contributed by atoms with E-state index in [2.05, 4.69) is 5.32 Å². The van der Waals surface area contributed by atoms with Crippen molar-refractivity contribution in [3.8, 4) is 12.1 Å². The summed E-state index contributed by atoms with van der Waals surface area (Å²) in [7, 11) is 0. The topological polar surface area (TPSA) is 106 Å². The van der Waals surface area contributed by atoms with Gasteiger partial charge in [-0.05, 0) is 31.0 Å². The Labute approximate surface area is 124 Å².